The van der Waals surface area contributed by atoms with Gasteiger partial charge in [-0.3, -0.25) is 4.72 Å². The molecular formula is C14H15BrN2O2S2. The van der Waals surface area contributed by atoms with E-state index in [1.165, 1.54) is 24.2 Å². The summed E-state index contributed by atoms with van der Waals surface area (Å²) in [5.41, 5.74) is 1.66. The van der Waals surface area contributed by atoms with Crippen LogP contribution in [0.5, 0.6) is 0 Å². The Morgan fingerprint density at radius 2 is 2.10 bits per heavy atom. The van der Waals surface area contributed by atoms with Gasteiger partial charge in [0, 0.05) is 22.7 Å². The molecule has 0 bridgehead atoms. The maximum atomic E-state index is 12.3. The maximum absolute atomic E-state index is 12.3. The lowest BCUT2D eigenvalue weighted by Gasteiger charge is -2.09. The van der Waals surface area contributed by atoms with Crippen LogP contribution in [0.25, 0.3) is 0 Å². The number of nitrogens with one attached hydrogen (secondary N) is 2. The van der Waals surface area contributed by atoms with Crippen LogP contribution in [-0.4, -0.2) is 14.5 Å². The van der Waals surface area contributed by atoms with E-state index in [9.17, 15) is 8.42 Å². The minimum absolute atomic E-state index is 0.295. The van der Waals surface area contributed by atoms with Gasteiger partial charge in [-0.05, 0) is 57.9 Å². The molecule has 1 aromatic heterocycles. The average Bonchev–Trinajstić information content (AvgIpc) is 3.16. The minimum atomic E-state index is -3.54. The van der Waals surface area contributed by atoms with Gasteiger partial charge < -0.3 is 5.32 Å². The van der Waals surface area contributed by atoms with Gasteiger partial charge in [0.15, 0.2) is 4.21 Å². The molecular weight excluding hydrogens is 372 g/mol. The molecule has 0 radical (unpaired) electrons. The molecule has 0 amide bonds. The lowest BCUT2D eigenvalue weighted by molar-refractivity contribution is 0.603. The van der Waals surface area contributed by atoms with Crippen LogP contribution in [0.1, 0.15) is 18.4 Å². The van der Waals surface area contributed by atoms with Gasteiger partial charge in [0.25, 0.3) is 10.0 Å². The average molecular weight is 387 g/mol. The molecule has 4 nitrogen and oxygen atoms in total. The van der Waals surface area contributed by atoms with Crippen molar-refractivity contribution in [1.82, 2.24) is 5.32 Å². The standard InChI is InChI=1S/C14H15BrN2O2S2/c15-13-6-7-20-14(13)21(18,19)17-12-3-1-2-10(8-12)9-16-11-4-5-11/h1-3,6-8,11,16-17H,4-5,9H2. The quantitative estimate of drug-likeness (QED) is 0.797. The predicted molar refractivity (Wildman–Crippen MR) is 89.1 cm³/mol. The lowest BCUT2D eigenvalue weighted by Crippen LogP contribution is -2.16. The first-order valence-electron chi connectivity index (χ1n) is 6.63. The fraction of sp³-hybridized carbons (Fsp3) is 0.286. The SMILES string of the molecule is O=S(=O)(Nc1cccc(CNC2CC2)c1)c1sccc1Br. The Hall–Kier alpha value is -0.890. The van der Waals surface area contributed by atoms with Gasteiger partial charge in [0.2, 0.25) is 0 Å². The molecule has 0 saturated heterocycles. The van der Waals surface area contributed by atoms with Crippen LogP contribution in [0.4, 0.5) is 5.69 Å². The van der Waals surface area contributed by atoms with Crippen molar-refractivity contribution in [3.63, 3.8) is 0 Å². The van der Waals surface area contributed by atoms with Crippen LogP contribution in [0.3, 0.4) is 0 Å². The van der Waals surface area contributed by atoms with Crippen molar-refractivity contribution in [3.05, 3.63) is 45.7 Å². The first-order valence-corrected chi connectivity index (χ1v) is 9.78. The topological polar surface area (TPSA) is 58.2 Å². The van der Waals surface area contributed by atoms with Gasteiger partial charge in [-0.2, -0.15) is 0 Å². The second kappa shape index (κ2) is 6.08. The summed E-state index contributed by atoms with van der Waals surface area (Å²) in [5, 5.41) is 5.16. The van der Waals surface area contributed by atoms with Crippen molar-refractivity contribution in [2.45, 2.75) is 29.6 Å². The number of sulfonamides is 1. The van der Waals surface area contributed by atoms with Crippen LogP contribution in [0, 0.1) is 0 Å². The number of benzene rings is 1. The molecule has 2 aromatic rings. The van der Waals surface area contributed by atoms with E-state index in [4.69, 9.17) is 0 Å². The van der Waals surface area contributed by atoms with Gasteiger partial charge in [-0.15, -0.1) is 11.3 Å². The molecule has 1 fully saturated rings. The van der Waals surface area contributed by atoms with Crippen molar-refractivity contribution >= 4 is 43.0 Å². The minimum Gasteiger partial charge on any atom is -0.310 e. The van der Waals surface area contributed by atoms with Gasteiger partial charge in [0.1, 0.15) is 0 Å². The third-order valence-electron chi connectivity index (χ3n) is 3.18. The van der Waals surface area contributed by atoms with Gasteiger partial charge in [-0.25, -0.2) is 8.42 Å². The molecule has 1 aliphatic rings. The third kappa shape index (κ3) is 3.85. The zero-order valence-corrected chi connectivity index (χ0v) is 14.4. The number of hydrogen-bond acceptors (Lipinski definition) is 4. The molecule has 1 aliphatic carbocycles. The normalized spacial score (nSPS) is 15.1. The molecule has 2 N–H and O–H groups in total. The lowest BCUT2D eigenvalue weighted by atomic mass is 10.2. The van der Waals surface area contributed by atoms with Gasteiger partial charge >= 0.3 is 0 Å². The van der Waals surface area contributed by atoms with Crippen molar-refractivity contribution in [1.29, 1.82) is 0 Å². The number of thiophene rings is 1. The van der Waals surface area contributed by atoms with E-state index in [0.717, 1.165) is 12.1 Å². The van der Waals surface area contributed by atoms with Crippen LogP contribution in [0.2, 0.25) is 0 Å². The van der Waals surface area contributed by atoms with Crippen LogP contribution in [-0.2, 0) is 16.6 Å². The summed E-state index contributed by atoms with van der Waals surface area (Å²) in [6.45, 7) is 0.767. The molecule has 0 spiro atoms. The number of rotatable bonds is 6. The van der Waals surface area contributed by atoms with Crippen molar-refractivity contribution in [2.24, 2.45) is 0 Å². The highest BCUT2D eigenvalue weighted by molar-refractivity contribution is 9.10. The Morgan fingerprint density at radius 1 is 1.29 bits per heavy atom. The fourth-order valence-electron chi connectivity index (χ4n) is 1.97. The van der Waals surface area contributed by atoms with E-state index >= 15 is 0 Å². The zero-order chi connectivity index (χ0) is 14.9. The van der Waals surface area contributed by atoms with E-state index in [0.29, 0.717) is 20.4 Å². The number of halogens is 1. The van der Waals surface area contributed by atoms with E-state index in [1.807, 2.05) is 18.2 Å². The monoisotopic (exact) mass is 386 g/mol. The Bertz CT molecular complexity index is 739. The highest BCUT2D eigenvalue weighted by atomic mass is 79.9. The van der Waals surface area contributed by atoms with Gasteiger partial charge in [0.05, 0.1) is 0 Å². The summed E-state index contributed by atoms with van der Waals surface area (Å²) >= 11 is 4.45. The van der Waals surface area contributed by atoms with Crippen molar-refractivity contribution in [2.75, 3.05) is 4.72 Å². The molecule has 0 unspecified atom stereocenters. The van der Waals surface area contributed by atoms with E-state index in [1.54, 1.807) is 17.5 Å². The number of anilines is 1. The largest absolute Gasteiger partial charge is 0.310 e. The Labute approximate surface area is 136 Å². The smallest absolute Gasteiger partial charge is 0.272 e. The van der Waals surface area contributed by atoms with Crippen LogP contribution >= 0.6 is 27.3 Å². The summed E-state index contributed by atoms with van der Waals surface area (Å²) in [6.07, 6.45) is 2.47. The van der Waals surface area contributed by atoms with Crippen LogP contribution in [0.15, 0.2) is 44.4 Å². The molecule has 21 heavy (non-hydrogen) atoms. The van der Waals surface area contributed by atoms with Crippen molar-refractivity contribution in [3.8, 4) is 0 Å². The Morgan fingerprint density at radius 3 is 2.76 bits per heavy atom. The van der Waals surface area contributed by atoms with E-state index < -0.39 is 10.0 Å². The van der Waals surface area contributed by atoms with Crippen LogP contribution < -0.4 is 10.0 Å². The highest BCUT2D eigenvalue weighted by Gasteiger charge is 2.21. The highest BCUT2D eigenvalue weighted by Crippen LogP contribution is 2.29. The Kier molecular flexibility index (Phi) is 4.35. The summed E-state index contributed by atoms with van der Waals surface area (Å²) in [5.74, 6) is 0. The summed E-state index contributed by atoms with van der Waals surface area (Å²) in [7, 11) is -3.54. The molecule has 1 heterocycles. The first kappa shape index (κ1) is 15.0. The molecule has 0 aliphatic heterocycles. The second-order valence-corrected chi connectivity index (χ2v) is 8.67. The third-order valence-corrected chi connectivity index (χ3v) is 7.23. The zero-order valence-electron chi connectivity index (χ0n) is 11.2. The van der Waals surface area contributed by atoms with E-state index in [-0.39, 0.29) is 0 Å². The Balaban J connectivity index is 1.74. The van der Waals surface area contributed by atoms with E-state index in [2.05, 4.69) is 26.0 Å². The maximum Gasteiger partial charge on any atom is 0.272 e. The molecule has 3 rings (SSSR count). The summed E-state index contributed by atoms with van der Waals surface area (Å²) in [6, 6.07) is 9.86. The molecule has 0 atom stereocenters. The molecule has 112 valence electrons. The summed E-state index contributed by atoms with van der Waals surface area (Å²) < 4.78 is 28.2. The predicted octanol–water partition coefficient (Wildman–Crippen LogP) is 3.56. The number of hydrogen-bond donors (Lipinski definition) is 2. The summed E-state index contributed by atoms with van der Waals surface area (Å²) in [4.78, 5) is 0. The second-order valence-electron chi connectivity index (χ2n) is 5.02. The molecule has 1 saturated carbocycles. The van der Waals surface area contributed by atoms with Crippen molar-refractivity contribution < 1.29 is 8.42 Å². The first-order chi connectivity index (χ1) is 10.0. The fourth-order valence-corrected chi connectivity index (χ4v) is 5.36. The molecule has 7 heteroatoms. The molecule has 1 aromatic carbocycles. The van der Waals surface area contributed by atoms with Gasteiger partial charge in [-0.1, -0.05) is 12.1 Å².